The lowest BCUT2D eigenvalue weighted by Gasteiger charge is -2.19. The van der Waals surface area contributed by atoms with Crippen LogP contribution in [-0.2, 0) is 6.67 Å². The molecule has 3 aromatic carbocycles. The quantitative estimate of drug-likeness (QED) is 0.464. The molecule has 0 N–H and O–H groups in total. The summed E-state index contributed by atoms with van der Waals surface area (Å²) in [5.41, 5.74) is 2.92. The van der Waals surface area contributed by atoms with Gasteiger partial charge in [-0.25, -0.2) is 4.68 Å². The molecule has 0 spiro atoms. The fourth-order valence-corrected chi connectivity index (χ4v) is 3.39. The number of aryl methyl sites for hydroxylation is 1. The van der Waals surface area contributed by atoms with E-state index in [1.807, 2.05) is 66.5 Å². The van der Waals surface area contributed by atoms with Crippen LogP contribution in [0.3, 0.4) is 0 Å². The van der Waals surface area contributed by atoms with Gasteiger partial charge >= 0.3 is 0 Å². The van der Waals surface area contributed by atoms with E-state index in [1.54, 1.807) is 4.68 Å². The van der Waals surface area contributed by atoms with Crippen molar-refractivity contribution in [1.82, 2.24) is 14.7 Å². The van der Waals surface area contributed by atoms with E-state index in [9.17, 15) is 4.79 Å². The number of rotatable bonds is 7. The summed E-state index contributed by atoms with van der Waals surface area (Å²) in [5.74, 6) is 0.841. The Morgan fingerprint density at radius 3 is 2.30 bits per heavy atom. The van der Waals surface area contributed by atoms with Crippen LogP contribution in [0.2, 0.25) is 0 Å². The molecule has 1 heterocycles. The Kier molecular flexibility index (Phi) is 5.91. The molecule has 0 aliphatic heterocycles. The van der Waals surface area contributed by atoms with Crippen LogP contribution in [0.4, 0.5) is 0 Å². The first kappa shape index (κ1) is 19.9. The minimum Gasteiger partial charge on any atom is -0.492 e. The van der Waals surface area contributed by atoms with Crippen molar-refractivity contribution in [2.75, 3.05) is 20.2 Å². The maximum absolute atomic E-state index is 13.0. The molecule has 0 saturated heterocycles. The summed E-state index contributed by atoms with van der Waals surface area (Å²) in [6, 6.07) is 25.6. The van der Waals surface area contributed by atoms with Crippen LogP contribution in [0.25, 0.3) is 22.0 Å². The number of nitrogens with zero attached hydrogens (tertiary/aromatic N) is 3. The highest BCUT2D eigenvalue weighted by atomic mass is 16.5. The van der Waals surface area contributed by atoms with Crippen molar-refractivity contribution in [2.45, 2.75) is 13.6 Å². The van der Waals surface area contributed by atoms with Gasteiger partial charge in [0.05, 0.1) is 17.7 Å². The number of hydrogen-bond donors (Lipinski definition) is 0. The van der Waals surface area contributed by atoms with E-state index in [2.05, 4.69) is 31.2 Å². The Balaban J connectivity index is 1.58. The van der Waals surface area contributed by atoms with E-state index in [4.69, 9.17) is 9.84 Å². The summed E-state index contributed by atoms with van der Waals surface area (Å²) in [6.07, 6.45) is 0. The molecule has 0 unspecified atom stereocenters. The van der Waals surface area contributed by atoms with Gasteiger partial charge in [0.1, 0.15) is 12.4 Å². The number of benzene rings is 3. The van der Waals surface area contributed by atoms with Gasteiger partial charge in [0.15, 0.2) is 0 Å². The SMILES string of the molecule is Cc1ccc(-c2nn(CN(C)CCOc3ccccc3)c(=O)c3ccccc23)cc1. The zero-order valence-corrected chi connectivity index (χ0v) is 17.3. The first-order valence-electron chi connectivity index (χ1n) is 10.0. The normalized spacial score (nSPS) is 11.2. The fourth-order valence-electron chi connectivity index (χ4n) is 3.39. The molecule has 0 fully saturated rings. The smallest absolute Gasteiger partial charge is 0.275 e. The fraction of sp³-hybridized carbons (Fsp3) is 0.200. The predicted molar refractivity (Wildman–Crippen MR) is 121 cm³/mol. The second kappa shape index (κ2) is 8.93. The number of likely N-dealkylation sites (N-methyl/N-ethyl adjacent to an activating group) is 1. The molecule has 0 saturated carbocycles. The third-order valence-electron chi connectivity index (χ3n) is 5.05. The molecule has 0 bridgehead atoms. The Bertz CT molecular complexity index is 1180. The molecule has 4 rings (SSSR count). The third-order valence-corrected chi connectivity index (χ3v) is 5.05. The molecule has 0 amide bonds. The van der Waals surface area contributed by atoms with Gasteiger partial charge in [-0.15, -0.1) is 0 Å². The van der Waals surface area contributed by atoms with Crippen molar-refractivity contribution >= 4 is 10.8 Å². The van der Waals surface area contributed by atoms with Gasteiger partial charge in [0, 0.05) is 17.5 Å². The lowest BCUT2D eigenvalue weighted by Crippen LogP contribution is -2.34. The molecule has 0 aliphatic carbocycles. The second-order valence-electron chi connectivity index (χ2n) is 7.45. The minimum atomic E-state index is -0.0858. The highest BCUT2D eigenvalue weighted by Crippen LogP contribution is 2.24. The average molecular weight is 399 g/mol. The van der Waals surface area contributed by atoms with Crippen molar-refractivity contribution in [1.29, 1.82) is 0 Å². The van der Waals surface area contributed by atoms with Crippen molar-refractivity contribution in [2.24, 2.45) is 0 Å². The second-order valence-corrected chi connectivity index (χ2v) is 7.45. The molecule has 5 heteroatoms. The van der Waals surface area contributed by atoms with Gasteiger partial charge < -0.3 is 4.74 Å². The van der Waals surface area contributed by atoms with E-state index in [-0.39, 0.29) is 5.56 Å². The summed E-state index contributed by atoms with van der Waals surface area (Å²) < 4.78 is 7.31. The highest BCUT2D eigenvalue weighted by Gasteiger charge is 2.13. The third kappa shape index (κ3) is 4.42. The Labute approximate surface area is 176 Å². The van der Waals surface area contributed by atoms with Gasteiger partial charge in [-0.05, 0) is 32.2 Å². The molecule has 4 aromatic rings. The first-order valence-corrected chi connectivity index (χ1v) is 10.0. The molecule has 1 aromatic heterocycles. The molecular weight excluding hydrogens is 374 g/mol. The molecule has 0 atom stereocenters. The lowest BCUT2D eigenvalue weighted by atomic mass is 10.0. The highest BCUT2D eigenvalue weighted by molar-refractivity contribution is 5.93. The Hall–Kier alpha value is -3.44. The molecule has 0 aliphatic rings. The molecule has 0 radical (unpaired) electrons. The number of aromatic nitrogens is 2. The van der Waals surface area contributed by atoms with Crippen LogP contribution in [0.5, 0.6) is 5.75 Å². The summed E-state index contributed by atoms with van der Waals surface area (Å²) >= 11 is 0. The molecular formula is C25H25N3O2. The molecule has 5 nitrogen and oxygen atoms in total. The number of para-hydroxylation sites is 1. The van der Waals surface area contributed by atoms with Crippen LogP contribution in [0.15, 0.2) is 83.7 Å². The van der Waals surface area contributed by atoms with E-state index in [0.29, 0.717) is 25.2 Å². The zero-order chi connectivity index (χ0) is 20.9. The Morgan fingerprint density at radius 2 is 1.57 bits per heavy atom. The minimum absolute atomic E-state index is 0.0858. The number of hydrogen-bond acceptors (Lipinski definition) is 4. The molecule has 152 valence electrons. The summed E-state index contributed by atoms with van der Waals surface area (Å²) in [5, 5.41) is 6.28. The average Bonchev–Trinajstić information content (AvgIpc) is 2.77. The standard InChI is InChI=1S/C25H25N3O2/c1-19-12-14-20(15-13-19)24-22-10-6-7-11-23(22)25(29)28(26-24)18-27(2)16-17-30-21-8-4-3-5-9-21/h3-15H,16-18H2,1-2H3. The van der Waals surface area contributed by atoms with E-state index >= 15 is 0 Å². The van der Waals surface area contributed by atoms with Crippen LogP contribution in [0, 0.1) is 6.92 Å². The van der Waals surface area contributed by atoms with Crippen LogP contribution in [0.1, 0.15) is 5.56 Å². The van der Waals surface area contributed by atoms with Gasteiger partial charge in [0.2, 0.25) is 0 Å². The van der Waals surface area contributed by atoms with Crippen LogP contribution in [-0.4, -0.2) is 34.9 Å². The lowest BCUT2D eigenvalue weighted by molar-refractivity contribution is 0.196. The maximum Gasteiger partial charge on any atom is 0.275 e. The van der Waals surface area contributed by atoms with Gasteiger partial charge in [-0.3, -0.25) is 9.69 Å². The van der Waals surface area contributed by atoms with Crippen molar-refractivity contribution in [3.63, 3.8) is 0 Å². The van der Waals surface area contributed by atoms with Crippen molar-refractivity contribution in [3.05, 3.63) is 94.8 Å². The first-order chi connectivity index (χ1) is 14.6. The van der Waals surface area contributed by atoms with E-state index < -0.39 is 0 Å². The monoisotopic (exact) mass is 399 g/mol. The van der Waals surface area contributed by atoms with E-state index in [0.717, 1.165) is 22.4 Å². The topological polar surface area (TPSA) is 47.4 Å². The van der Waals surface area contributed by atoms with E-state index in [1.165, 1.54) is 5.56 Å². The van der Waals surface area contributed by atoms with Crippen molar-refractivity contribution < 1.29 is 4.74 Å². The maximum atomic E-state index is 13.0. The largest absolute Gasteiger partial charge is 0.492 e. The van der Waals surface area contributed by atoms with Crippen LogP contribution >= 0.6 is 0 Å². The Morgan fingerprint density at radius 1 is 0.900 bits per heavy atom. The summed E-state index contributed by atoms with van der Waals surface area (Å²) in [4.78, 5) is 15.1. The zero-order valence-electron chi connectivity index (χ0n) is 17.3. The molecule has 30 heavy (non-hydrogen) atoms. The van der Waals surface area contributed by atoms with Gasteiger partial charge in [0.25, 0.3) is 5.56 Å². The van der Waals surface area contributed by atoms with Gasteiger partial charge in [-0.1, -0.05) is 66.2 Å². The summed E-state index contributed by atoms with van der Waals surface area (Å²) in [6.45, 7) is 3.66. The van der Waals surface area contributed by atoms with Crippen molar-refractivity contribution in [3.8, 4) is 17.0 Å². The number of fused-ring (bicyclic) bond motifs is 1. The predicted octanol–water partition coefficient (Wildman–Crippen LogP) is 4.34. The van der Waals surface area contributed by atoms with Crippen LogP contribution < -0.4 is 10.3 Å². The summed E-state index contributed by atoms with van der Waals surface area (Å²) in [7, 11) is 1.96. The number of ether oxygens (including phenoxy) is 1. The van der Waals surface area contributed by atoms with Gasteiger partial charge in [-0.2, -0.15) is 5.10 Å².